The molecule has 7 heteroatoms. The van der Waals surface area contributed by atoms with Gasteiger partial charge in [-0.3, -0.25) is 0 Å². The highest BCUT2D eigenvalue weighted by atomic mass is 32.2. The largest absolute Gasteiger partial charge is 0.507 e. The number of ether oxygens (including phenoxy) is 1. The molecule has 0 unspecified atom stereocenters. The summed E-state index contributed by atoms with van der Waals surface area (Å²) in [5.74, 6) is -1.37. The Bertz CT molecular complexity index is 1050. The molecule has 0 saturated carbocycles. The van der Waals surface area contributed by atoms with E-state index in [1.165, 1.54) is 101 Å². The first-order chi connectivity index (χ1) is 18.3. The average Bonchev–Trinajstić information content (AvgIpc) is 2.89. The minimum atomic E-state index is -3.41. The summed E-state index contributed by atoms with van der Waals surface area (Å²) in [6, 6.07) is 11.1. The van der Waals surface area contributed by atoms with Crippen LogP contribution in [-0.4, -0.2) is 37.0 Å². The number of unbranched alkanes of at least 4 members (excludes halogenated alkanes) is 12. The Kier molecular flexibility index (Phi) is 14.9. The molecule has 6 nitrogen and oxygen atoms in total. The van der Waals surface area contributed by atoms with E-state index in [2.05, 4.69) is 6.92 Å². The third kappa shape index (κ3) is 12.3. The zero-order chi connectivity index (χ0) is 27.6. The zero-order valence-electron chi connectivity index (χ0n) is 23.0. The fraction of sp³-hybridized carbons (Fsp3) is 0.581. The van der Waals surface area contributed by atoms with Crippen LogP contribution in [0.15, 0.2) is 47.4 Å². The molecule has 0 aliphatic heterocycles. The van der Waals surface area contributed by atoms with E-state index in [1.54, 1.807) is 12.1 Å². The van der Waals surface area contributed by atoms with Crippen LogP contribution in [0.5, 0.6) is 11.5 Å². The molecule has 0 amide bonds. The molecule has 0 atom stereocenters. The van der Waals surface area contributed by atoms with E-state index < -0.39 is 15.8 Å². The van der Waals surface area contributed by atoms with Crippen molar-refractivity contribution in [2.24, 2.45) is 0 Å². The number of carboxylic acid groups (broad SMARTS) is 1. The van der Waals surface area contributed by atoms with Gasteiger partial charge in [-0.2, -0.15) is 0 Å². The van der Waals surface area contributed by atoms with E-state index in [4.69, 9.17) is 9.84 Å². The molecule has 2 aromatic carbocycles. The van der Waals surface area contributed by atoms with Crippen LogP contribution >= 0.6 is 0 Å². The van der Waals surface area contributed by atoms with Crippen LogP contribution < -0.4 is 4.74 Å². The monoisotopic (exact) mass is 546 g/mol. The van der Waals surface area contributed by atoms with E-state index in [9.17, 15) is 18.3 Å². The molecular weight excluding hydrogens is 500 g/mol. The molecule has 2 rings (SSSR count). The lowest BCUT2D eigenvalue weighted by molar-refractivity contribution is 0.0693. The van der Waals surface area contributed by atoms with Crippen molar-refractivity contribution in [3.63, 3.8) is 0 Å². The Labute approximate surface area is 229 Å². The lowest BCUT2D eigenvalue weighted by Gasteiger charge is -2.09. The highest BCUT2D eigenvalue weighted by Crippen LogP contribution is 2.24. The topological polar surface area (TPSA) is 101 Å². The van der Waals surface area contributed by atoms with Crippen molar-refractivity contribution < 1.29 is 28.2 Å². The van der Waals surface area contributed by atoms with Gasteiger partial charge in [0.05, 0.1) is 17.3 Å². The van der Waals surface area contributed by atoms with E-state index in [-0.39, 0.29) is 30.1 Å². The summed E-state index contributed by atoms with van der Waals surface area (Å²) < 4.78 is 30.8. The third-order valence-electron chi connectivity index (χ3n) is 6.88. The van der Waals surface area contributed by atoms with E-state index in [0.29, 0.717) is 10.6 Å². The van der Waals surface area contributed by atoms with Crippen molar-refractivity contribution in [2.45, 2.75) is 108 Å². The van der Waals surface area contributed by atoms with Crippen molar-refractivity contribution in [2.75, 3.05) is 12.4 Å². The van der Waals surface area contributed by atoms with Crippen LogP contribution in [0.3, 0.4) is 0 Å². The number of sulfone groups is 1. The van der Waals surface area contributed by atoms with Gasteiger partial charge in [0.15, 0.2) is 9.84 Å². The lowest BCUT2D eigenvalue weighted by Crippen LogP contribution is -2.10. The SMILES string of the molecule is CCCCCCCCCCCCCCCc1ccc(S(=O)(=O)CCCOc2ccc(C(=O)O)c(O)c2)cc1. The molecule has 0 saturated heterocycles. The van der Waals surface area contributed by atoms with Gasteiger partial charge in [0.1, 0.15) is 17.1 Å². The third-order valence-corrected chi connectivity index (χ3v) is 8.69. The summed E-state index contributed by atoms with van der Waals surface area (Å²) in [6.45, 7) is 2.40. The quantitative estimate of drug-likeness (QED) is 0.154. The predicted octanol–water partition coefficient (Wildman–Crippen LogP) is 7.97. The summed E-state index contributed by atoms with van der Waals surface area (Å²) in [5, 5.41) is 18.7. The number of carbonyl (C=O) groups is 1. The van der Waals surface area contributed by atoms with Crippen LogP contribution in [0.4, 0.5) is 0 Å². The number of aryl methyl sites for hydroxylation is 1. The molecule has 0 aliphatic carbocycles. The van der Waals surface area contributed by atoms with Gasteiger partial charge in [0.25, 0.3) is 0 Å². The highest BCUT2D eigenvalue weighted by Gasteiger charge is 2.15. The van der Waals surface area contributed by atoms with Crippen molar-refractivity contribution >= 4 is 15.8 Å². The van der Waals surface area contributed by atoms with Crippen molar-refractivity contribution in [3.05, 3.63) is 53.6 Å². The molecule has 212 valence electrons. The summed E-state index contributed by atoms with van der Waals surface area (Å²) in [7, 11) is -3.41. The van der Waals surface area contributed by atoms with Gasteiger partial charge >= 0.3 is 5.97 Å². The fourth-order valence-electron chi connectivity index (χ4n) is 4.55. The van der Waals surface area contributed by atoms with Crippen molar-refractivity contribution in [1.29, 1.82) is 0 Å². The number of aromatic hydroxyl groups is 1. The van der Waals surface area contributed by atoms with Gasteiger partial charge < -0.3 is 14.9 Å². The molecule has 0 bridgehead atoms. The second kappa shape index (κ2) is 17.9. The van der Waals surface area contributed by atoms with E-state index in [1.807, 2.05) is 12.1 Å². The van der Waals surface area contributed by atoms with Gasteiger partial charge in [-0.1, -0.05) is 96.1 Å². The van der Waals surface area contributed by atoms with Crippen molar-refractivity contribution in [3.8, 4) is 11.5 Å². The first-order valence-electron chi connectivity index (χ1n) is 14.3. The molecule has 2 N–H and O–H groups in total. The zero-order valence-corrected chi connectivity index (χ0v) is 23.8. The number of aromatic carboxylic acids is 1. The first kappa shape index (κ1) is 31.7. The van der Waals surface area contributed by atoms with E-state index >= 15 is 0 Å². The second-order valence-corrected chi connectivity index (χ2v) is 12.3. The molecule has 0 fully saturated rings. The number of phenols is 1. The Hall–Kier alpha value is -2.54. The average molecular weight is 547 g/mol. The summed E-state index contributed by atoms with van der Waals surface area (Å²) in [4.78, 5) is 11.3. The fourth-order valence-corrected chi connectivity index (χ4v) is 5.83. The van der Waals surface area contributed by atoms with Gasteiger partial charge in [0.2, 0.25) is 0 Å². The van der Waals surface area contributed by atoms with Gasteiger partial charge in [0, 0.05) is 6.07 Å². The minimum Gasteiger partial charge on any atom is -0.507 e. The first-order valence-corrected chi connectivity index (χ1v) is 16.0. The van der Waals surface area contributed by atoms with Crippen LogP contribution in [0.2, 0.25) is 0 Å². The number of hydrogen-bond acceptors (Lipinski definition) is 5. The summed E-state index contributed by atoms with van der Waals surface area (Å²) in [5.41, 5.74) is 0.956. The number of rotatable bonds is 21. The van der Waals surface area contributed by atoms with Crippen LogP contribution in [-0.2, 0) is 16.3 Å². The maximum absolute atomic E-state index is 12.7. The number of carboxylic acids is 1. The molecule has 38 heavy (non-hydrogen) atoms. The molecule has 0 radical (unpaired) electrons. The smallest absolute Gasteiger partial charge is 0.339 e. The molecule has 0 heterocycles. The summed E-state index contributed by atoms with van der Waals surface area (Å²) >= 11 is 0. The molecule has 0 spiro atoms. The Morgan fingerprint density at radius 1 is 0.763 bits per heavy atom. The molecule has 0 aromatic heterocycles. The molecule has 0 aliphatic rings. The number of hydrogen-bond donors (Lipinski definition) is 2. The Morgan fingerprint density at radius 2 is 1.32 bits per heavy atom. The Balaban J connectivity index is 1.57. The maximum atomic E-state index is 12.7. The van der Waals surface area contributed by atoms with Crippen LogP contribution in [0, 0.1) is 0 Å². The lowest BCUT2D eigenvalue weighted by atomic mass is 10.0. The Morgan fingerprint density at radius 3 is 1.84 bits per heavy atom. The normalized spacial score (nSPS) is 11.5. The van der Waals surface area contributed by atoms with Gasteiger partial charge in [-0.05, 0) is 49.1 Å². The van der Waals surface area contributed by atoms with Gasteiger partial charge in [-0.15, -0.1) is 0 Å². The summed E-state index contributed by atoms with van der Waals surface area (Å²) in [6.07, 6.45) is 18.5. The van der Waals surface area contributed by atoms with Crippen molar-refractivity contribution in [1.82, 2.24) is 0 Å². The van der Waals surface area contributed by atoms with Crippen LogP contribution in [0.25, 0.3) is 0 Å². The maximum Gasteiger partial charge on any atom is 0.339 e. The van der Waals surface area contributed by atoms with Gasteiger partial charge in [-0.25, -0.2) is 13.2 Å². The highest BCUT2D eigenvalue weighted by molar-refractivity contribution is 7.91. The standard InChI is InChI=1S/C31H46O6S/c1-2-3-4-5-6-7-8-9-10-11-12-13-14-16-26-17-20-28(21-18-26)38(35,36)24-15-23-37-27-19-22-29(31(33)34)30(32)25-27/h17-22,25,32H,2-16,23-24H2,1H3,(H,33,34). The molecule has 2 aromatic rings. The number of benzene rings is 2. The van der Waals surface area contributed by atoms with Crippen LogP contribution in [0.1, 0.15) is 113 Å². The predicted molar refractivity (Wildman–Crippen MR) is 153 cm³/mol. The molecular formula is C31H46O6S. The second-order valence-electron chi connectivity index (χ2n) is 10.1. The van der Waals surface area contributed by atoms with E-state index in [0.717, 1.165) is 12.8 Å². The minimum absolute atomic E-state index is 0.0512.